The highest BCUT2D eigenvalue weighted by Gasteiger charge is 2.34. The zero-order valence-electron chi connectivity index (χ0n) is 25.2. The zero-order chi connectivity index (χ0) is 32.7. The number of nitrogens with one attached hydrogen (secondary N) is 2. The molecule has 1 aliphatic heterocycles. The van der Waals surface area contributed by atoms with Crippen molar-refractivity contribution in [2.24, 2.45) is 0 Å². The summed E-state index contributed by atoms with van der Waals surface area (Å²) < 4.78 is 47.4. The SMILES string of the molecule is Cc1coc([C@H]2CCCN2C(=O)c2cccc(C(=O)N[C@@H](Cc3ccccc3)[C@H](O)CNCc3cccc(OC(F)(F)F)c3)c2)n1. The van der Waals surface area contributed by atoms with E-state index in [0.29, 0.717) is 30.0 Å². The van der Waals surface area contributed by atoms with Crippen molar-refractivity contribution in [2.45, 2.75) is 57.3 Å². The molecular formula is C34H35F3N4O5. The maximum absolute atomic E-state index is 13.5. The number of likely N-dealkylation sites (tertiary alicyclic amines) is 1. The van der Waals surface area contributed by atoms with Gasteiger partial charge in [-0.2, -0.15) is 0 Å². The molecule has 0 bridgehead atoms. The van der Waals surface area contributed by atoms with Gasteiger partial charge in [0.25, 0.3) is 11.8 Å². The van der Waals surface area contributed by atoms with E-state index in [-0.39, 0.29) is 36.4 Å². The molecule has 9 nitrogen and oxygen atoms in total. The van der Waals surface area contributed by atoms with Crippen LogP contribution in [0, 0.1) is 6.92 Å². The van der Waals surface area contributed by atoms with Crippen molar-refractivity contribution in [3.8, 4) is 5.75 Å². The molecule has 5 rings (SSSR count). The van der Waals surface area contributed by atoms with Gasteiger partial charge in [-0.25, -0.2) is 4.98 Å². The number of aromatic nitrogens is 1. The van der Waals surface area contributed by atoms with Crippen LogP contribution in [0.2, 0.25) is 0 Å². The third kappa shape index (κ3) is 8.73. The zero-order valence-corrected chi connectivity index (χ0v) is 25.2. The molecule has 1 saturated heterocycles. The molecule has 12 heteroatoms. The Morgan fingerprint density at radius 1 is 1.04 bits per heavy atom. The molecule has 46 heavy (non-hydrogen) atoms. The molecule has 0 aliphatic carbocycles. The first kappa shape index (κ1) is 32.7. The highest BCUT2D eigenvalue weighted by Crippen LogP contribution is 2.33. The number of carbonyl (C=O) groups excluding carboxylic acids is 2. The van der Waals surface area contributed by atoms with Crippen LogP contribution in [-0.4, -0.2) is 58.4 Å². The Labute approximate surface area is 264 Å². The maximum Gasteiger partial charge on any atom is 0.573 e. The molecule has 0 radical (unpaired) electrons. The van der Waals surface area contributed by atoms with Crippen molar-refractivity contribution in [3.63, 3.8) is 0 Å². The third-order valence-electron chi connectivity index (χ3n) is 7.70. The molecule has 1 aromatic heterocycles. The molecule has 3 atom stereocenters. The van der Waals surface area contributed by atoms with Gasteiger partial charge in [-0.05, 0) is 67.6 Å². The summed E-state index contributed by atoms with van der Waals surface area (Å²) in [6, 6.07) is 20.3. The topological polar surface area (TPSA) is 117 Å². The molecule has 1 aliphatic rings. The number of hydrogen-bond acceptors (Lipinski definition) is 7. The Morgan fingerprint density at radius 2 is 1.78 bits per heavy atom. The van der Waals surface area contributed by atoms with Gasteiger partial charge in [-0.15, -0.1) is 13.2 Å². The van der Waals surface area contributed by atoms with E-state index < -0.39 is 24.4 Å². The lowest BCUT2D eigenvalue weighted by Gasteiger charge is -2.25. The average Bonchev–Trinajstić information content (AvgIpc) is 3.69. The largest absolute Gasteiger partial charge is 0.573 e. The van der Waals surface area contributed by atoms with E-state index in [9.17, 15) is 27.9 Å². The first-order chi connectivity index (χ1) is 22.1. The Bertz CT molecular complexity index is 1630. The fraction of sp³-hybridized carbons (Fsp3) is 0.324. The van der Waals surface area contributed by atoms with Crippen molar-refractivity contribution in [2.75, 3.05) is 13.1 Å². The summed E-state index contributed by atoms with van der Waals surface area (Å²) in [5, 5.41) is 17.1. The summed E-state index contributed by atoms with van der Waals surface area (Å²) in [5.74, 6) is -0.545. The standard InChI is InChI=1S/C34H35F3N4O5/c1-22-21-45-32(39-22)29-14-7-15-41(29)33(44)26-12-6-11-25(18-26)31(43)40-28(17-23-8-3-2-4-9-23)30(42)20-38-19-24-10-5-13-27(16-24)46-34(35,36)37/h2-6,8-13,16,18,21,28-30,38,42H,7,14-15,17,19-20H2,1H3,(H,40,43)/t28-,29+,30+/m0/s1. The van der Waals surface area contributed by atoms with E-state index in [4.69, 9.17) is 4.42 Å². The van der Waals surface area contributed by atoms with Crippen molar-refractivity contribution in [1.82, 2.24) is 20.5 Å². The van der Waals surface area contributed by atoms with Crippen molar-refractivity contribution in [3.05, 3.63) is 119 Å². The number of alkyl halides is 3. The van der Waals surface area contributed by atoms with Crippen LogP contribution < -0.4 is 15.4 Å². The number of halogens is 3. The molecule has 0 spiro atoms. The Hall–Kier alpha value is -4.68. The second-order valence-corrected chi connectivity index (χ2v) is 11.2. The molecule has 3 N–H and O–H groups in total. The van der Waals surface area contributed by atoms with E-state index in [1.54, 1.807) is 35.4 Å². The second-order valence-electron chi connectivity index (χ2n) is 11.2. The van der Waals surface area contributed by atoms with E-state index in [1.165, 1.54) is 24.3 Å². The average molecular weight is 637 g/mol. The summed E-state index contributed by atoms with van der Waals surface area (Å²) >= 11 is 0. The lowest BCUT2D eigenvalue weighted by atomic mass is 10.00. The van der Waals surface area contributed by atoms with Crippen LogP contribution in [0.3, 0.4) is 0 Å². The number of aliphatic hydroxyl groups is 1. The van der Waals surface area contributed by atoms with E-state index in [2.05, 4.69) is 20.4 Å². The molecule has 3 aromatic carbocycles. The molecule has 1 fully saturated rings. The molecular weight excluding hydrogens is 601 g/mol. The lowest BCUT2D eigenvalue weighted by molar-refractivity contribution is -0.274. The van der Waals surface area contributed by atoms with Gasteiger partial charge in [0, 0.05) is 30.8 Å². The summed E-state index contributed by atoms with van der Waals surface area (Å²) in [7, 11) is 0. The first-order valence-electron chi connectivity index (χ1n) is 15.0. The minimum absolute atomic E-state index is 0.0390. The van der Waals surface area contributed by atoms with Gasteiger partial charge in [0.05, 0.1) is 17.8 Å². The monoisotopic (exact) mass is 636 g/mol. The number of aryl methyl sites for hydroxylation is 1. The Kier molecular flexibility index (Phi) is 10.4. The number of hydrogen-bond donors (Lipinski definition) is 3. The highest BCUT2D eigenvalue weighted by atomic mass is 19.4. The fourth-order valence-electron chi connectivity index (χ4n) is 5.51. The molecule has 2 heterocycles. The number of aliphatic hydroxyl groups excluding tert-OH is 1. The van der Waals surface area contributed by atoms with Crippen LogP contribution in [0.5, 0.6) is 5.75 Å². The second kappa shape index (κ2) is 14.6. The first-order valence-corrected chi connectivity index (χ1v) is 15.0. The number of ether oxygens (including phenoxy) is 1. The maximum atomic E-state index is 13.5. The van der Waals surface area contributed by atoms with Crippen molar-refractivity contribution < 1.29 is 37.0 Å². The van der Waals surface area contributed by atoms with Crippen LogP contribution in [0.4, 0.5) is 13.2 Å². The van der Waals surface area contributed by atoms with Crippen molar-refractivity contribution >= 4 is 11.8 Å². The number of oxazole rings is 1. The van der Waals surface area contributed by atoms with E-state index in [1.807, 2.05) is 37.3 Å². The van der Waals surface area contributed by atoms with E-state index >= 15 is 0 Å². The van der Waals surface area contributed by atoms with Crippen LogP contribution in [-0.2, 0) is 13.0 Å². The number of carbonyl (C=O) groups is 2. The number of rotatable bonds is 12. The van der Waals surface area contributed by atoms with Crippen molar-refractivity contribution in [1.29, 1.82) is 0 Å². The molecule has 4 aromatic rings. The summed E-state index contributed by atoms with van der Waals surface area (Å²) in [6.45, 7) is 2.56. The molecule has 242 valence electrons. The minimum atomic E-state index is -4.80. The summed E-state index contributed by atoms with van der Waals surface area (Å²) in [4.78, 5) is 33.1. The van der Waals surface area contributed by atoms with Gasteiger partial charge in [0.15, 0.2) is 0 Å². The summed E-state index contributed by atoms with van der Waals surface area (Å²) in [5.41, 5.74) is 2.75. The quantitative estimate of drug-likeness (QED) is 0.192. The number of benzene rings is 3. The third-order valence-corrected chi connectivity index (χ3v) is 7.70. The lowest BCUT2D eigenvalue weighted by Crippen LogP contribution is -2.48. The van der Waals surface area contributed by atoms with Gasteiger partial charge >= 0.3 is 6.36 Å². The van der Waals surface area contributed by atoms with Gasteiger partial charge in [0.2, 0.25) is 5.89 Å². The smallest absolute Gasteiger partial charge is 0.446 e. The predicted molar refractivity (Wildman–Crippen MR) is 163 cm³/mol. The normalized spacial score (nSPS) is 16.2. The van der Waals surface area contributed by atoms with Crippen LogP contribution in [0.15, 0.2) is 89.5 Å². The predicted octanol–water partition coefficient (Wildman–Crippen LogP) is 5.35. The highest BCUT2D eigenvalue weighted by molar-refractivity contribution is 6.00. The number of amides is 2. The fourth-order valence-corrected chi connectivity index (χ4v) is 5.51. The van der Waals surface area contributed by atoms with Crippen LogP contribution in [0.1, 0.15) is 62.3 Å². The molecule has 2 amide bonds. The van der Waals surface area contributed by atoms with Crippen LogP contribution >= 0.6 is 0 Å². The molecule has 0 unspecified atom stereocenters. The van der Waals surface area contributed by atoms with E-state index in [0.717, 1.165) is 24.1 Å². The van der Waals surface area contributed by atoms with Gasteiger partial charge < -0.3 is 29.8 Å². The Balaban J connectivity index is 1.25. The molecule has 0 saturated carbocycles. The summed E-state index contributed by atoms with van der Waals surface area (Å²) in [6.07, 6.45) is -2.46. The van der Waals surface area contributed by atoms with Gasteiger partial charge in [-0.1, -0.05) is 48.5 Å². The Morgan fingerprint density at radius 3 is 2.52 bits per heavy atom. The van der Waals surface area contributed by atoms with Crippen LogP contribution in [0.25, 0.3) is 0 Å². The van der Waals surface area contributed by atoms with Gasteiger partial charge in [-0.3, -0.25) is 9.59 Å². The van der Waals surface area contributed by atoms with Gasteiger partial charge in [0.1, 0.15) is 18.1 Å². The minimum Gasteiger partial charge on any atom is -0.446 e. The number of nitrogens with zero attached hydrogens (tertiary/aromatic N) is 2.